The zero-order valence-electron chi connectivity index (χ0n) is 16.9. The number of aromatic hydroxyl groups is 1. The van der Waals surface area contributed by atoms with Crippen LogP contribution >= 0.6 is 11.6 Å². The number of ether oxygens (including phenoxy) is 1. The first kappa shape index (κ1) is 21.7. The molecule has 0 aliphatic carbocycles. The molecule has 0 unspecified atom stereocenters. The molecular weight excluding hydrogens is 408 g/mol. The fraction of sp³-hybridized carbons (Fsp3) is 0.273. The molecule has 1 aliphatic heterocycles. The van der Waals surface area contributed by atoms with Crippen LogP contribution in [0.5, 0.6) is 11.5 Å². The number of Topliss-reactive ketones (excluding diaryl/α,β-unsaturated/α-hetero) is 1. The van der Waals surface area contributed by atoms with Crippen molar-refractivity contribution >= 4 is 29.1 Å². The van der Waals surface area contributed by atoms with Crippen LogP contribution < -0.4 is 4.74 Å². The number of methoxy groups -OCH3 is 1. The van der Waals surface area contributed by atoms with E-state index in [1.54, 1.807) is 31.4 Å². The first-order valence-corrected chi connectivity index (χ1v) is 9.68. The molecule has 2 aromatic carbocycles. The van der Waals surface area contributed by atoms with Gasteiger partial charge in [-0.1, -0.05) is 23.7 Å². The molecule has 0 aromatic heterocycles. The third-order valence-corrected chi connectivity index (χ3v) is 5.21. The van der Waals surface area contributed by atoms with Crippen molar-refractivity contribution in [2.75, 3.05) is 34.3 Å². The number of phenols is 1. The lowest BCUT2D eigenvalue weighted by molar-refractivity contribution is -0.140. The highest BCUT2D eigenvalue weighted by Gasteiger charge is 2.46. The van der Waals surface area contributed by atoms with Crippen molar-refractivity contribution in [2.45, 2.75) is 6.04 Å². The van der Waals surface area contributed by atoms with Crippen LogP contribution in [0.4, 0.5) is 0 Å². The maximum absolute atomic E-state index is 12.9. The van der Waals surface area contributed by atoms with Gasteiger partial charge in [0.25, 0.3) is 11.7 Å². The number of nitrogens with zero attached hydrogens (tertiary/aromatic N) is 2. The lowest BCUT2D eigenvalue weighted by atomic mass is 9.95. The third kappa shape index (κ3) is 4.13. The van der Waals surface area contributed by atoms with Gasteiger partial charge in [0, 0.05) is 18.1 Å². The van der Waals surface area contributed by atoms with Gasteiger partial charge in [0.05, 0.1) is 24.3 Å². The number of likely N-dealkylation sites (N-methyl/N-ethyl adjacent to an activating group) is 1. The molecule has 0 bridgehead atoms. The Labute approximate surface area is 179 Å². The minimum atomic E-state index is -0.813. The van der Waals surface area contributed by atoms with E-state index >= 15 is 0 Å². The van der Waals surface area contributed by atoms with E-state index in [-0.39, 0.29) is 28.5 Å². The molecule has 3 rings (SSSR count). The average Bonchev–Trinajstić information content (AvgIpc) is 2.98. The molecule has 1 saturated heterocycles. The highest BCUT2D eigenvalue weighted by Crippen LogP contribution is 2.41. The number of amides is 1. The normalized spacial score (nSPS) is 18.3. The lowest BCUT2D eigenvalue weighted by Crippen LogP contribution is -2.35. The largest absolute Gasteiger partial charge is 0.507 e. The summed E-state index contributed by atoms with van der Waals surface area (Å²) < 4.78 is 5.19. The molecular formula is C22H23ClN2O5. The Kier molecular flexibility index (Phi) is 6.34. The Balaban J connectivity index is 2.18. The topological polar surface area (TPSA) is 90.3 Å². The van der Waals surface area contributed by atoms with Crippen LogP contribution in [-0.4, -0.2) is 66.0 Å². The summed E-state index contributed by atoms with van der Waals surface area (Å²) in [7, 11) is 5.27. The summed E-state index contributed by atoms with van der Waals surface area (Å²) in [5.41, 5.74) is 0.532. The maximum Gasteiger partial charge on any atom is 0.295 e. The second-order valence-electron chi connectivity index (χ2n) is 7.23. The number of carbonyl (C=O) groups is 2. The SMILES string of the molecule is COc1ccc([C@@H]2C(=C(O)c3cc(Cl)ccc3O)C(=O)C(=O)N2CCN(C)C)cc1. The molecule has 8 heteroatoms. The molecule has 1 aliphatic rings. The van der Waals surface area contributed by atoms with Gasteiger partial charge in [0.2, 0.25) is 0 Å². The fourth-order valence-corrected chi connectivity index (χ4v) is 3.57. The molecule has 7 nitrogen and oxygen atoms in total. The number of hydrogen-bond acceptors (Lipinski definition) is 6. The van der Waals surface area contributed by atoms with Gasteiger partial charge in [-0.15, -0.1) is 0 Å². The van der Waals surface area contributed by atoms with Gasteiger partial charge >= 0.3 is 0 Å². The van der Waals surface area contributed by atoms with Gasteiger partial charge in [-0.2, -0.15) is 0 Å². The van der Waals surface area contributed by atoms with Gasteiger partial charge in [0.1, 0.15) is 17.3 Å². The van der Waals surface area contributed by atoms with Crippen molar-refractivity contribution in [1.82, 2.24) is 9.80 Å². The van der Waals surface area contributed by atoms with Crippen LogP contribution in [0.15, 0.2) is 48.0 Å². The zero-order chi connectivity index (χ0) is 22.0. The van der Waals surface area contributed by atoms with Crippen LogP contribution in [0.3, 0.4) is 0 Å². The summed E-state index contributed by atoms with van der Waals surface area (Å²) >= 11 is 6.01. The van der Waals surface area contributed by atoms with E-state index in [2.05, 4.69) is 0 Å². The number of likely N-dealkylation sites (tertiary alicyclic amines) is 1. The van der Waals surface area contributed by atoms with Crippen LogP contribution in [0.1, 0.15) is 17.2 Å². The Morgan fingerprint density at radius 2 is 1.83 bits per heavy atom. The smallest absolute Gasteiger partial charge is 0.295 e. The van der Waals surface area contributed by atoms with E-state index in [0.717, 1.165) is 0 Å². The minimum Gasteiger partial charge on any atom is -0.507 e. The van der Waals surface area contributed by atoms with E-state index in [1.165, 1.54) is 23.1 Å². The number of ketones is 1. The molecule has 2 aromatic rings. The van der Waals surface area contributed by atoms with E-state index in [9.17, 15) is 19.8 Å². The van der Waals surface area contributed by atoms with Crippen molar-refractivity contribution in [1.29, 1.82) is 0 Å². The molecule has 1 amide bonds. The predicted molar refractivity (Wildman–Crippen MR) is 114 cm³/mol. The molecule has 2 N–H and O–H groups in total. The first-order valence-electron chi connectivity index (χ1n) is 9.30. The number of aliphatic hydroxyl groups excluding tert-OH is 1. The van der Waals surface area contributed by atoms with Crippen molar-refractivity contribution < 1.29 is 24.5 Å². The van der Waals surface area contributed by atoms with Gasteiger partial charge in [-0.25, -0.2) is 0 Å². The van der Waals surface area contributed by atoms with Crippen LogP contribution in [-0.2, 0) is 9.59 Å². The second-order valence-corrected chi connectivity index (χ2v) is 7.67. The molecule has 0 spiro atoms. The summed E-state index contributed by atoms with van der Waals surface area (Å²) in [5.74, 6) is -1.62. The van der Waals surface area contributed by atoms with E-state index in [0.29, 0.717) is 17.9 Å². The minimum absolute atomic E-state index is 0.00776. The zero-order valence-corrected chi connectivity index (χ0v) is 17.7. The summed E-state index contributed by atoms with van der Waals surface area (Å²) in [4.78, 5) is 29.1. The third-order valence-electron chi connectivity index (χ3n) is 4.97. The summed E-state index contributed by atoms with van der Waals surface area (Å²) in [6, 6.07) is 10.2. The van der Waals surface area contributed by atoms with Crippen molar-refractivity contribution in [3.05, 3.63) is 64.2 Å². The summed E-state index contributed by atoms with van der Waals surface area (Å²) in [6.07, 6.45) is 0. The number of benzene rings is 2. The van der Waals surface area contributed by atoms with E-state index < -0.39 is 23.5 Å². The number of carbonyl (C=O) groups excluding carboxylic acids is 2. The fourth-order valence-electron chi connectivity index (χ4n) is 3.39. The first-order chi connectivity index (χ1) is 14.2. The number of rotatable bonds is 6. The average molecular weight is 431 g/mol. The number of halogens is 1. The van der Waals surface area contributed by atoms with Gasteiger partial charge in [0.15, 0.2) is 0 Å². The predicted octanol–water partition coefficient (Wildman–Crippen LogP) is 3.04. The highest BCUT2D eigenvalue weighted by atomic mass is 35.5. The summed E-state index contributed by atoms with van der Waals surface area (Å²) in [5, 5.41) is 21.4. The molecule has 1 atom stereocenters. The number of aliphatic hydroxyl groups is 1. The van der Waals surface area contributed by atoms with Gasteiger partial charge < -0.3 is 24.7 Å². The summed E-state index contributed by atoms with van der Waals surface area (Å²) in [6.45, 7) is 0.814. The molecule has 0 saturated carbocycles. The Bertz CT molecular complexity index is 1000. The Hall–Kier alpha value is -3.03. The van der Waals surface area contributed by atoms with Crippen LogP contribution in [0.25, 0.3) is 5.76 Å². The van der Waals surface area contributed by atoms with Crippen LogP contribution in [0, 0.1) is 0 Å². The van der Waals surface area contributed by atoms with E-state index in [1.807, 2.05) is 19.0 Å². The second kappa shape index (κ2) is 8.77. The maximum atomic E-state index is 12.9. The lowest BCUT2D eigenvalue weighted by Gasteiger charge is -2.26. The van der Waals surface area contributed by atoms with Crippen LogP contribution in [0.2, 0.25) is 5.02 Å². The number of hydrogen-bond donors (Lipinski definition) is 2. The van der Waals surface area contributed by atoms with Crippen molar-refractivity contribution in [3.8, 4) is 11.5 Å². The van der Waals surface area contributed by atoms with E-state index in [4.69, 9.17) is 16.3 Å². The van der Waals surface area contributed by atoms with Gasteiger partial charge in [-0.3, -0.25) is 9.59 Å². The molecule has 0 radical (unpaired) electrons. The highest BCUT2D eigenvalue weighted by molar-refractivity contribution is 6.46. The number of phenolic OH excluding ortho intramolecular Hbond substituents is 1. The molecule has 30 heavy (non-hydrogen) atoms. The molecule has 1 fully saturated rings. The Morgan fingerprint density at radius 3 is 2.43 bits per heavy atom. The monoisotopic (exact) mass is 430 g/mol. The molecule has 1 heterocycles. The van der Waals surface area contributed by atoms with Crippen molar-refractivity contribution in [2.24, 2.45) is 0 Å². The Morgan fingerprint density at radius 1 is 1.17 bits per heavy atom. The van der Waals surface area contributed by atoms with Crippen molar-refractivity contribution in [3.63, 3.8) is 0 Å². The quantitative estimate of drug-likeness (QED) is 0.416. The van der Waals surface area contributed by atoms with Gasteiger partial charge in [-0.05, 0) is 50.0 Å². The molecule has 158 valence electrons. The standard InChI is InChI=1S/C22H23ClN2O5/c1-24(2)10-11-25-19(13-4-7-15(30-3)8-5-13)18(21(28)22(25)29)20(27)16-12-14(23)6-9-17(16)26/h4-9,12,19,26-27H,10-11H2,1-3H3/t19-/m1/s1.